The highest BCUT2D eigenvalue weighted by Crippen LogP contribution is 2.29. The molecule has 3 aromatic carbocycles. The summed E-state index contributed by atoms with van der Waals surface area (Å²) in [5.74, 6) is 0.197. The van der Waals surface area contributed by atoms with Crippen LogP contribution in [-0.4, -0.2) is 30.1 Å². The van der Waals surface area contributed by atoms with E-state index < -0.39 is 23.7 Å². The summed E-state index contributed by atoms with van der Waals surface area (Å²) in [5.41, 5.74) is 2.22. The molecule has 1 unspecified atom stereocenters. The number of benzene rings is 3. The zero-order valence-electron chi connectivity index (χ0n) is 19.6. The van der Waals surface area contributed by atoms with Gasteiger partial charge in [-0.2, -0.15) is 11.8 Å². The van der Waals surface area contributed by atoms with E-state index in [-0.39, 0.29) is 12.4 Å². The van der Waals surface area contributed by atoms with Crippen LogP contribution in [0, 0.1) is 0 Å². The van der Waals surface area contributed by atoms with E-state index in [0.29, 0.717) is 23.1 Å². The van der Waals surface area contributed by atoms with Gasteiger partial charge in [-0.15, -0.1) is 0 Å². The van der Waals surface area contributed by atoms with Crippen LogP contribution in [0.1, 0.15) is 12.0 Å². The molecule has 36 heavy (non-hydrogen) atoms. The largest absolute Gasteiger partial charge is 0.445 e. The number of hydrogen-bond acceptors (Lipinski definition) is 7. The van der Waals surface area contributed by atoms with Gasteiger partial charge < -0.3 is 19.2 Å². The second-order valence-corrected chi connectivity index (χ2v) is 8.95. The van der Waals surface area contributed by atoms with Gasteiger partial charge in [0.05, 0.1) is 0 Å². The van der Waals surface area contributed by atoms with Crippen molar-refractivity contribution in [3.8, 4) is 16.9 Å². The van der Waals surface area contributed by atoms with Gasteiger partial charge in [-0.25, -0.2) is 14.4 Å². The monoisotopic (exact) mass is 503 g/mol. The van der Waals surface area contributed by atoms with Crippen molar-refractivity contribution < 1.29 is 23.5 Å². The Bertz CT molecular complexity index is 1390. The standard InChI is InChI=1S/C28H25NO6S/c1-36-15-14-24(29-28(32)33-18-19-8-4-2-5-9-19)27(31)34-21-12-13-22-23(20-10-6-3-7-11-20)17-26(30)35-25(22)16-21/h2-13,16-17,24H,14-15,18H2,1H3,(H,29,32). The van der Waals surface area contributed by atoms with Crippen LogP contribution in [0.25, 0.3) is 22.1 Å². The molecule has 4 rings (SSSR count). The molecule has 184 valence electrons. The maximum atomic E-state index is 12.9. The van der Waals surface area contributed by atoms with Crippen molar-refractivity contribution in [1.82, 2.24) is 5.32 Å². The van der Waals surface area contributed by atoms with Gasteiger partial charge in [0.15, 0.2) is 0 Å². The van der Waals surface area contributed by atoms with Crippen molar-refractivity contribution in [2.24, 2.45) is 0 Å². The lowest BCUT2D eigenvalue weighted by molar-refractivity contribution is -0.136. The highest BCUT2D eigenvalue weighted by Gasteiger charge is 2.24. The van der Waals surface area contributed by atoms with Crippen molar-refractivity contribution in [3.63, 3.8) is 0 Å². The maximum Gasteiger partial charge on any atom is 0.408 e. The Morgan fingerprint density at radius 2 is 1.69 bits per heavy atom. The molecule has 0 saturated carbocycles. The zero-order valence-corrected chi connectivity index (χ0v) is 20.5. The SMILES string of the molecule is CSCCC(NC(=O)OCc1ccccc1)C(=O)Oc1ccc2c(-c3ccccc3)cc(=O)oc2c1. The number of alkyl carbamates (subject to hydrolysis) is 1. The van der Waals surface area contributed by atoms with E-state index in [1.54, 1.807) is 23.9 Å². The van der Waals surface area contributed by atoms with E-state index >= 15 is 0 Å². The number of ether oxygens (including phenoxy) is 2. The first-order valence-corrected chi connectivity index (χ1v) is 12.7. The summed E-state index contributed by atoms with van der Waals surface area (Å²) < 4.78 is 16.2. The molecule has 1 N–H and O–H groups in total. The molecule has 0 saturated heterocycles. The van der Waals surface area contributed by atoms with Gasteiger partial charge in [0.2, 0.25) is 0 Å². The van der Waals surface area contributed by atoms with Gasteiger partial charge in [-0.1, -0.05) is 60.7 Å². The van der Waals surface area contributed by atoms with Gasteiger partial charge in [0.25, 0.3) is 0 Å². The lowest BCUT2D eigenvalue weighted by atomic mass is 10.0. The molecular weight excluding hydrogens is 478 g/mol. The average Bonchev–Trinajstić information content (AvgIpc) is 2.90. The second kappa shape index (κ2) is 12.1. The topological polar surface area (TPSA) is 94.8 Å². The van der Waals surface area contributed by atoms with Gasteiger partial charge in [0, 0.05) is 17.5 Å². The number of amides is 1. The molecular formula is C28H25NO6S. The highest BCUT2D eigenvalue weighted by molar-refractivity contribution is 7.98. The van der Waals surface area contributed by atoms with Crippen LogP contribution >= 0.6 is 11.8 Å². The number of hydrogen-bond donors (Lipinski definition) is 1. The summed E-state index contributed by atoms with van der Waals surface area (Å²) in [6.45, 7) is 0.0877. The quantitative estimate of drug-likeness (QED) is 0.185. The fourth-order valence-corrected chi connectivity index (χ4v) is 4.11. The summed E-state index contributed by atoms with van der Waals surface area (Å²) in [4.78, 5) is 37.4. The van der Waals surface area contributed by atoms with E-state index in [2.05, 4.69) is 5.32 Å². The molecule has 1 atom stereocenters. The molecule has 8 heteroatoms. The van der Waals surface area contributed by atoms with Crippen molar-refractivity contribution in [3.05, 3.63) is 101 Å². The van der Waals surface area contributed by atoms with Gasteiger partial charge in [0.1, 0.15) is 24.0 Å². The summed E-state index contributed by atoms with van der Waals surface area (Å²) in [7, 11) is 0. The number of carbonyl (C=O) groups is 2. The minimum absolute atomic E-state index is 0.0877. The Kier molecular flexibility index (Phi) is 8.41. The smallest absolute Gasteiger partial charge is 0.408 e. The Hall–Kier alpha value is -4.04. The molecule has 1 aromatic heterocycles. The number of esters is 1. The number of rotatable bonds is 9. The molecule has 0 spiro atoms. The first kappa shape index (κ1) is 25.1. The summed E-state index contributed by atoms with van der Waals surface area (Å²) in [6.07, 6.45) is 1.56. The van der Waals surface area contributed by atoms with Crippen LogP contribution in [0.5, 0.6) is 5.75 Å². The first-order chi connectivity index (χ1) is 17.5. The average molecular weight is 504 g/mol. The minimum Gasteiger partial charge on any atom is -0.445 e. The molecule has 1 amide bonds. The van der Waals surface area contributed by atoms with Crippen LogP contribution in [-0.2, 0) is 16.1 Å². The predicted octanol–water partition coefficient (Wildman–Crippen LogP) is 5.41. The van der Waals surface area contributed by atoms with Crippen LogP contribution in [0.2, 0.25) is 0 Å². The molecule has 0 fully saturated rings. The normalized spacial score (nSPS) is 11.6. The van der Waals surface area contributed by atoms with E-state index in [1.807, 2.05) is 66.9 Å². The predicted molar refractivity (Wildman–Crippen MR) is 140 cm³/mol. The second-order valence-electron chi connectivity index (χ2n) is 7.96. The van der Waals surface area contributed by atoms with Gasteiger partial charge in [-0.3, -0.25) is 0 Å². The molecule has 4 aromatic rings. The number of thioether (sulfide) groups is 1. The van der Waals surface area contributed by atoms with Crippen LogP contribution in [0.15, 0.2) is 94.1 Å². The van der Waals surface area contributed by atoms with Gasteiger partial charge in [-0.05, 0) is 47.3 Å². The van der Waals surface area contributed by atoms with E-state index in [0.717, 1.165) is 16.7 Å². The van der Waals surface area contributed by atoms with Crippen molar-refractivity contribution >= 4 is 34.8 Å². The lowest BCUT2D eigenvalue weighted by Gasteiger charge is -2.17. The summed E-state index contributed by atoms with van der Waals surface area (Å²) in [6, 6.07) is 24.1. The van der Waals surface area contributed by atoms with Gasteiger partial charge >= 0.3 is 17.7 Å². The van der Waals surface area contributed by atoms with Crippen LogP contribution in [0.4, 0.5) is 4.79 Å². The summed E-state index contributed by atoms with van der Waals surface area (Å²) in [5, 5.41) is 3.31. The molecule has 0 aliphatic heterocycles. The molecule has 1 heterocycles. The Labute approximate surface area is 212 Å². The number of fused-ring (bicyclic) bond motifs is 1. The Morgan fingerprint density at radius 1 is 0.972 bits per heavy atom. The van der Waals surface area contributed by atoms with E-state index in [9.17, 15) is 14.4 Å². The van der Waals surface area contributed by atoms with Crippen LogP contribution in [0.3, 0.4) is 0 Å². The Balaban J connectivity index is 1.48. The fourth-order valence-electron chi connectivity index (χ4n) is 3.64. The third-order valence-electron chi connectivity index (χ3n) is 5.42. The number of carbonyl (C=O) groups excluding carboxylic acids is 2. The van der Waals surface area contributed by atoms with Crippen molar-refractivity contribution in [2.75, 3.05) is 12.0 Å². The Morgan fingerprint density at radius 3 is 2.42 bits per heavy atom. The van der Waals surface area contributed by atoms with Crippen molar-refractivity contribution in [2.45, 2.75) is 19.1 Å². The fraction of sp³-hybridized carbons (Fsp3) is 0.179. The highest BCUT2D eigenvalue weighted by atomic mass is 32.2. The molecule has 0 aliphatic rings. The molecule has 7 nitrogen and oxygen atoms in total. The molecule has 0 aliphatic carbocycles. The zero-order chi connectivity index (χ0) is 25.3. The molecule has 0 radical (unpaired) electrons. The van der Waals surface area contributed by atoms with Crippen LogP contribution < -0.4 is 15.7 Å². The minimum atomic E-state index is -0.904. The maximum absolute atomic E-state index is 12.9. The van der Waals surface area contributed by atoms with E-state index in [1.165, 1.54) is 12.1 Å². The first-order valence-electron chi connectivity index (χ1n) is 11.3. The lowest BCUT2D eigenvalue weighted by Crippen LogP contribution is -2.43. The molecule has 0 bridgehead atoms. The number of nitrogens with one attached hydrogen (secondary N) is 1. The summed E-state index contributed by atoms with van der Waals surface area (Å²) >= 11 is 1.54. The van der Waals surface area contributed by atoms with E-state index in [4.69, 9.17) is 13.9 Å². The third-order valence-corrected chi connectivity index (χ3v) is 6.06. The third kappa shape index (κ3) is 6.55. The van der Waals surface area contributed by atoms with Crippen molar-refractivity contribution in [1.29, 1.82) is 0 Å².